The van der Waals surface area contributed by atoms with Crippen molar-refractivity contribution in [2.45, 2.75) is 6.92 Å². The average molecular weight is 251 g/mol. The van der Waals surface area contributed by atoms with Crippen molar-refractivity contribution in [3.8, 4) is 0 Å². The van der Waals surface area contributed by atoms with E-state index in [0.29, 0.717) is 0 Å². The molecule has 0 aromatic heterocycles. The Kier molecular flexibility index (Phi) is 2.85. The Labute approximate surface area is 82.7 Å². The van der Waals surface area contributed by atoms with Crippen LogP contribution in [0.15, 0.2) is 16.6 Å². The van der Waals surface area contributed by atoms with E-state index in [4.69, 9.17) is 11.6 Å². The molecule has 0 atom stereocenters. The van der Waals surface area contributed by atoms with Gasteiger partial charge in [0.1, 0.15) is 5.82 Å². The van der Waals surface area contributed by atoms with Crippen molar-refractivity contribution < 1.29 is 9.18 Å². The van der Waals surface area contributed by atoms with Crippen LogP contribution in [0.3, 0.4) is 0 Å². The van der Waals surface area contributed by atoms with Gasteiger partial charge >= 0.3 is 0 Å². The molecule has 1 nitrogen and oxygen atoms in total. The molecule has 0 fully saturated rings. The number of carbonyl (C=O) groups is 1. The number of hydrogen-bond acceptors (Lipinski definition) is 1. The Bertz CT molecular complexity index is 315. The predicted molar refractivity (Wildman–Crippen MR) is 49.1 cm³/mol. The van der Waals surface area contributed by atoms with Crippen LogP contribution in [-0.2, 0) is 0 Å². The third-order valence-corrected chi connectivity index (χ3v) is 2.72. The molecule has 1 rings (SSSR count). The number of Topliss-reactive ketones (excluding diaryl/α,β-unsaturated/α-hetero) is 1. The van der Waals surface area contributed by atoms with E-state index in [1.165, 1.54) is 13.0 Å². The summed E-state index contributed by atoms with van der Waals surface area (Å²) in [5, 5.41) is 0.209. The van der Waals surface area contributed by atoms with Gasteiger partial charge in [-0.3, -0.25) is 4.79 Å². The van der Waals surface area contributed by atoms with E-state index in [1.54, 1.807) is 0 Å². The lowest BCUT2D eigenvalue weighted by molar-refractivity contribution is 0.101. The summed E-state index contributed by atoms with van der Waals surface area (Å²) in [7, 11) is 0. The second-order valence-corrected chi connectivity index (χ2v) is 3.51. The Morgan fingerprint density at radius 3 is 2.58 bits per heavy atom. The molecule has 0 N–H and O–H groups in total. The number of benzene rings is 1. The minimum absolute atomic E-state index is 0.189. The second-order valence-electron chi connectivity index (χ2n) is 2.31. The van der Waals surface area contributed by atoms with Crippen molar-refractivity contribution in [2.24, 2.45) is 0 Å². The van der Waals surface area contributed by atoms with E-state index in [-0.39, 0.29) is 20.8 Å². The summed E-state index contributed by atoms with van der Waals surface area (Å²) in [6, 6.07) is 2.58. The average Bonchev–Trinajstić information content (AvgIpc) is 1.99. The third-order valence-electron chi connectivity index (χ3n) is 1.39. The molecule has 0 unspecified atom stereocenters. The number of halogens is 3. The maximum Gasteiger partial charge on any atom is 0.159 e. The van der Waals surface area contributed by atoms with Gasteiger partial charge in [0.25, 0.3) is 0 Å². The molecular formula is C8H5BrClFO. The van der Waals surface area contributed by atoms with E-state index < -0.39 is 5.82 Å². The van der Waals surface area contributed by atoms with E-state index in [1.807, 2.05) is 0 Å². The van der Waals surface area contributed by atoms with E-state index in [0.717, 1.165) is 6.07 Å². The molecule has 64 valence electrons. The first-order chi connectivity index (χ1) is 5.52. The first-order valence-corrected chi connectivity index (χ1v) is 4.35. The van der Waals surface area contributed by atoms with Crippen molar-refractivity contribution in [1.29, 1.82) is 0 Å². The summed E-state index contributed by atoms with van der Waals surface area (Å²) in [6.07, 6.45) is 0. The van der Waals surface area contributed by atoms with E-state index in [9.17, 15) is 9.18 Å². The lowest BCUT2D eigenvalue weighted by atomic mass is 10.1. The summed E-state index contributed by atoms with van der Waals surface area (Å²) >= 11 is 8.57. The van der Waals surface area contributed by atoms with Crippen LogP contribution in [0.2, 0.25) is 5.02 Å². The standard InChI is InChI=1S/C8H5BrClFO/c1-4(12)5-2-6(10)8(9)7(11)3-5/h2-3H,1H3. The molecule has 4 heteroatoms. The third kappa shape index (κ3) is 1.84. The molecule has 0 saturated carbocycles. The van der Waals surface area contributed by atoms with Crippen LogP contribution in [0.4, 0.5) is 4.39 Å². The van der Waals surface area contributed by atoms with Crippen LogP contribution in [0.5, 0.6) is 0 Å². The monoisotopic (exact) mass is 250 g/mol. The van der Waals surface area contributed by atoms with Crippen molar-refractivity contribution in [1.82, 2.24) is 0 Å². The van der Waals surface area contributed by atoms with Gasteiger partial charge < -0.3 is 0 Å². The smallest absolute Gasteiger partial charge is 0.159 e. The zero-order chi connectivity index (χ0) is 9.30. The number of rotatable bonds is 1. The Morgan fingerprint density at radius 2 is 2.17 bits per heavy atom. The largest absolute Gasteiger partial charge is 0.295 e. The van der Waals surface area contributed by atoms with E-state index >= 15 is 0 Å². The molecule has 1 aromatic rings. The van der Waals surface area contributed by atoms with Crippen LogP contribution >= 0.6 is 27.5 Å². The zero-order valence-electron chi connectivity index (χ0n) is 6.20. The molecular weight excluding hydrogens is 246 g/mol. The Hall–Kier alpha value is -0.410. The highest BCUT2D eigenvalue weighted by Gasteiger charge is 2.08. The Balaban J connectivity index is 3.31. The molecule has 0 bridgehead atoms. The summed E-state index contributed by atoms with van der Waals surface area (Å²) < 4.78 is 13.1. The van der Waals surface area contributed by atoms with Gasteiger partial charge in [0.15, 0.2) is 5.78 Å². The topological polar surface area (TPSA) is 17.1 Å². The van der Waals surface area contributed by atoms with Crippen LogP contribution in [0.25, 0.3) is 0 Å². The lowest BCUT2D eigenvalue weighted by Crippen LogP contribution is -1.93. The van der Waals surface area contributed by atoms with Crippen LogP contribution in [-0.4, -0.2) is 5.78 Å². The van der Waals surface area contributed by atoms with Gasteiger partial charge in [-0.05, 0) is 35.0 Å². The zero-order valence-corrected chi connectivity index (χ0v) is 8.54. The number of ketones is 1. The minimum Gasteiger partial charge on any atom is -0.295 e. The first kappa shape index (κ1) is 9.68. The van der Waals surface area contributed by atoms with Crippen LogP contribution < -0.4 is 0 Å². The van der Waals surface area contributed by atoms with Crippen LogP contribution in [0, 0.1) is 5.82 Å². The first-order valence-electron chi connectivity index (χ1n) is 3.18. The summed E-state index contributed by atoms with van der Waals surface area (Å²) in [5.41, 5.74) is 0.278. The van der Waals surface area contributed by atoms with Gasteiger partial charge in [-0.25, -0.2) is 4.39 Å². The lowest BCUT2D eigenvalue weighted by Gasteiger charge is -2.00. The van der Waals surface area contributed by atoms with Crippen molar-refractivity contribution >= 4 is 33.3 Å². The summed E-state index contributed by atoms with van der Waals surface area (Å²) in [6.45, 7) is 1.36. The van der Waals surface area contributed by atoms with Gasteiger partial charge in [0.05, 0.1) is 9.50 Å². The molecule has 0 heterocycles. The SMILES string of the molecule is CC(=O)c1cc(F)c(Br)c(Cl)c1. The number of carbonyl (C=O) groups excluding carboxylic acids is 1. The molecule has 0 amide bonds. The molecule has 1 aromatic carbocycles. The molecule has 0 aliphatic heterocycles. The van der Waals surface area contributed by atoms with Crippen molar-refractivity contribution in [2.75, 3.05) is 0 Å². The predicted octanol–water partition coefficient (Wildman–Crippen LogP) is 3.44. The quantitative estimate of drug-likeness (QED) is 0.552. The van der Waals surface area contributed by atoms with E-state index in [2.05, 4.69) is 15.9 Å². The normalized spacial score (nSPS) is 10.0. The minimum atomic E-state index is -0.521. The molecule has 12 heavy (non-hydrogen) atoms. The molecule has 0 saturated heterocycles. The fraction of sp³-hybridized carbons (Fsp3) is 0.125. The fourth-order valence-corrected chi connectivity index (χ4v) is 1.20. The molecule has 0 aliphatic carbocycles. The van der Waals surface area contributed by atoms with Gasteiger partial charge in [0.2, 0.25) is 0 Å². The highest BCUT2D eigenvalue weighted by atomic mass is 79.9. The molecule has 0 aliphatic rings. The highest BCUT2D eigenvalue weighted by molar-refractivity contribution is 9.10. The molecule has 0 spiro atoms. The second kappa shape index (κ2) is 3.54. The van der Waals surface area contributed by atoms with Gasteiger partial charge in [-0.2, -0.15) is 0 Å². The van der Waals surface area contributed by atoms with Gasteiger partial charge in [-0.1, -0.05) is 11.6 Å². The Morgan fingerprint density at radius 1 is 1.58 bits per heavy atom. The van der Waals surface area contributed by atoms with Crippen molar-refractivity contribution in [3.63, 3.8) is 0 Å². The summed E-state index contributed by atoms with van der Waals surface area (Å²) in [5.74, 6) is -0.726. The van der Waals surface area contributed by atoms with Gasteiger partial charge in [0, 0.05) is 5.56 Å². The van der Waals surface area contributed by atoms with Crippen LogP contribution in [0.1, 0.15) is 17.3 Å². The summed E-state index contributed by atoms with van der Waals surface area (Å²) in [4.78, 5) is 10.8. The molecule has 0 radical (unpaired) electrons. The maximum atomic E-state index is 12.9. The fourth-order valence-electron chi connectivity index (χ4n) is 0.759. The van der Waals surface area contributed by atoms with Gasteiger partial charge in [-0.15, -0.1) is 0 Å². The highest BCUT2D eigenvalue weighted by Crippen LogP contribution is 2.26. The maximum absolute atomic E-state index is 12.9. The van der Waals surface area contributed by atoms with Crippen molar-refractivity contribution in [3.05, 3.63) is 33.0 Å². The number of hydrogen-bond donors (Lipinski definition) is 0.